The molecule has 60 valence electrons. The Hall–Kier alpha value is 0.160. The minimum atomic E-state index is -0.267. The lowest BCUT2D eigenvalue weighted by atomic mass is 10.3. The van der Waals surface area contributed by atoms with Gasteiger partial charge in [-0.3, -0.25) is 0 Å². The van der Waals surface area contributed by atoms with Gasteiger partial charge in [0.2, 0.25) is 0 Å². The molecule has 0 spiro atoms. The third-order valence-corrected chi connectivity index (χ3v) is 3.66. The lowest BCUT2D eigenvalue weighted by molar-refractivity contribution is 0.410. The van der Waals surface area contributed by atoms with Crippen molar-refractivity contribution in [3.63, 3.8) is 0 Å². The van der Waals surface area contributed by atoms with Crippen molar-refractivity contribution < 1.29 is 9.13 Å². The van der Waals surface area contributed by atoms with Crippen LogP contribution in [0.25, 0.3) is 0 Å². The molecule has 1 aromatic rings. The molecule has 0 atom stereocenters. The van der Waals surface area contributed by atoms with Crippen LogP contribution in [-0.4, -0.2) is 7.11 Å². The fourth-order valence-electron chi connectivity index (χ4n) is 0.650. The number of ether oxygens (including phenoxy) is 1. The van der Waals surface area contributed by atoms with E-state index >= 15 is 0 Å². The Morgan fingerprint density at radius 1 is 1.55 bits per heavy atom. The Balaban J connectivity index is 3.21. The van der Waals surface area contributed by atoms with Crippen LogP contribution in [0.15, 0.2) is 16.6 Å². The summed E-state index contributed by atoms with van der Waals surface area (Å²) in [5.41, 5.74) is 0. The van der Waals surface area contributed by atoms with Gasteiger partial charge in [0, 0.05) is 10.5 Å². The quantitative estimate of drug-likeness (QED) is 0.567. The van der Waals surface area contributed by atoms with E-state index in [9.17, 15) is 4.39 Å². The molecule has 0 unspecified atom stereocenters. The minimum absolute atomic E-state index is 0.267. The standard InChI is InChI=1S/C7H5BrFIO/c1-11-4-2-5(8)7(10)6(9)3-4/h2-3H,1H3. The van der Waals surface area contributed by atoms with Crippen molar-refractivity contribution in [1.29, 1.82) is 0 Å². The van der Waals surface area contributed by atoms with Gasteiger partial charge < -0.3 is 4.74 Å². The van der Waals surface area contributed by atoms with Gasteiger partial charge in [0.15, 0.2) is 0 Å². The van der Waals surface area contributed by atoms with Crippen molar-refractivity contribution in [2.75, 3.05) is 7.11 Å². The highest BCUT2D eigenvalue weighted by molar-refractivity contribution is 14.1. The first kappa shape index (κ1) is 9.25. The molecule has 0 N–H and O–H groups in total. The Bertz CT molecular complexity index is 254. The van der Waals surface area contributed by atoms with E-state index in [1.165, 1.54) is 13.2 Å². The summed E-state index contributed by atoms with van der Waals surface area (Å²) in [4.78, 5) is 0. The number of benzene rings is 1. The molecule has 0 aliphatic carbocycles. The number of methoxy groups -OCH3 is 1. The number of rotatable bonds is 1. The van der Waals surface area contributed by atoms with Crippen molar-refractivity contribution in [2.24, 2.45) is 0 Å². The van der Waals surface area contributed by atoms with Gasteiger partial charge in [0.1, 0.15) is 11.6 Å². The molecule has 0 saturated carbocycles. The van der Waals surface area contributed by atoms with Crippen LogP contribution < -0.4 is 4.74 Å². The molecule has 0 fully saturated rings. The number of hydrogen-bond donors (Lipinski definition) is 0. The molecule has 1 aromatic carbocycles. The average molecular weight is 331 g/mol. The molecule has 1 nitrogen and oxygen atoms in total. The molecule has 0 aliphatic rings. The maximum atomic E-state index is 12.9. The van der Waals surface area contributed by atoms with Crippen LogP contribution in [0.5, 0.6) is 5.75 Å². The highest BCUT2D eigenvalue weighted by atomic mass is 127. The van der Waals surface area contributed by atoms with Crippen LogP contribution in [0, 0.1) is 9.39 Å². The second-order valence-corrected chi connectivity index (χ2v) is 3.84. The Kier molecular flexibility index (Phi) is 3.12. The van der Waals surface area contributed by atoms with Crippen LogP contribution in [0.1, 0.15) is 0 Å². The summed E-state index contributed by atoms with van der Waals surface area (Å²) in [6.45, 7) is 0. The summed E-state index contributed by atoms with van der Waals surface area (Å²) in [5.74, 6) is 0.256. The van der Waals surface area contributed by atoms with Crippen LogP contribution in [-0.2, 0) is 0 Å². The second-order valence-electron chi connectivity index (χ2n) is 1.91. The third-order valence-electron chi connectivity index (χ3n) is 1.19. The van der Waals surface area contributed by atoms with Gasteiger partial charge in [-0.25, -0.2) is 4.39 Å². The first-order valence-electron chi connectivity index (χ1n) is 2.83. The minimum Gasteiger partial charge on any atom is -0.497 e. The molecule has 0 amide bonds. The summed E-state index contributed by atoms with van der Waals surface area (Å²) in [6.07, 6.45) is 0. The van der Waals surface area contributed by atoms with E-state index in [1.807, 2.05) is 22.6 Å². The fourth-order valence-corrected chi connectivity index (χ4v) is 1.38. The molecular formula is C7H5BrFIO. The van der Waals surface area contributed by atoms with Crippen molar-refractivity contribution in [1.82, 2.24) is 0 Å². The van der Waals surface area contributed by atoms with Crippen molar-refractivity contribution >= 4 is 38.5 Å². The first-order chi connectivity index (χ1) is 5.15. The molecule has 4 heteroatoms. The lowest BCUT2D eigenvalue weighted by Crippen LogP contribution is -1.88. The molecule has 11 heavy (non-hydrogen) atoms. The highest BCUT2D eigenvalue weighted by Crippen LogP contribution is 2.26. The molecule has 0 bridgehead atoms. The maximum Gasteiger partial charge on any atom is 0.141 e. The number of halogens is 3. The van der Waals surface area contributed by atoms with Crippen LogP contribution in [0.4, 0.5) is 4.39 Å². The van der Waals surface area contributed by atoms with E-state index in [1.54, 1.807) is 6.07 Å². The fraction of sp³-hybridized carbons (Fsp3) is 0.143. The molecule has 0 heterocycles. The SMILES string of the molecule is COc1cc(F)c(I)c(Br)c1. The number of hydrogen-bond acceptors (Lipinski definition) is 1. The Morgan fingerprint density at radius 3 is 2.64 bits per heavy atom. The zero-order chi connectivity index (χ0) is 8.43. The van der Waals surface area contributed by atoms with E-state index in [4.69, 9.17) is 4.74 Å². The molecule has 0 aromatic heterocycles. The van der Waals surface area contributed by atoms with Crippen molar-refractivity contribution in [3.8, 4) is 5.75 Å². The molecule has 0 saturated heterocycles. The van der Waals surface area contributed by atoms with E-state index in [0.29, 0.717) is 9.32 Å². The van der Waals surface area contributed by atoms with Crippen LogP contribution in [0.3, 0.4) is 0 Å². The summed E-state index contributed by atoms with van der Waals surface area (Å²) in [7, 11) is 1.51. The zero-order valence-electron chi connectivity index (χ0n) is 5.70. The molecule has 0 radical (unpaired) electrons. The van der Waals surface area contributed by atoms with Gasteiger partial charge in [-0.15, -0.1) is 0 Å². The zero-order valence-corrected chi connectivity index (χ0v) is 9.44. The predicted molar refractivity (Wildman–Crippen MR) is 53.4 cm³/mol. The monoisotopic (exact) mass is 330 g/mol. The molecule has 1 rings (SSSR count). The predicted octanol–water partition coefficient (Wildman–Crippen LogP) is 3.20. The Morgan fingerprint density at radius 2 is 2.18 bits per heavy atom. The smallest absolute Gasteiger partial charge is 0.141 e. The normalized spacial score (nSPS) is 9.82. The molecular weight excluding hydrogens is 326 g/mol. The van der Waals surface area contributed by atoms with E-state index in [0.717, 1.165) is 4.47 Å². The van der Waals surface area contributed by atoms with E-state index < -0.39 is 0 Å². The van der Waals surface area contributed by atoms with E-state index in [-0.39, 0.29) is 5.82 Å². The molecule has 0 aliphatic heterocycles. The summed E-state index contributed by atoms with van der Waals surface area (Å²) < 4.78 is 19.1. The van der Waals surface area contributed by atoms with Gasteiger partial charge in [0.25, 0.3) is 0 Å². The maximum absolute atomic E-state index is 12.9. The van der Waals surface area contributed by atoms with Crippen molar-refractivity contribution in [3.05, 3.63) is 26.0 Å². The van der Waals surface area contributed by atoms with Crippen LogP contribution >= 0.6 is 38.5 Å². The summed E-state index contributed by atoms with van der Waals surface area (Å²) in [6, 6.07) is 3.08. The van der Waals surface area contributed by atoms with Gasteiger partial charge in [-0.05, 0) is 44.6 Å². The highest BCUT2D eigenvalue weighted by Gasteiger charge is 2.05. The third kappa shape index (κ3) is 2.05. The van der Waals surface area contributed by atoms with Gasteiger partial charge >= 0.3 is 0 Å². The topological polar surface area (TPSA) is 9.23 Å². The first-order valence-corrected chi connectivity index (χ1v) is 4.71. The van der Waals surface area contributed by atoms with Gasteiger partial charge in [0.05, 0.1) is 10.7 Å². The van der Waals surface area contributed by atoms with Crippen molar-refractivity contribution in [2.45, 2.75) is 0 Å². The average Bonchev–Trinajstić information content (AvgIpc) is 1.99. The lowest BCUT2D eigenvalue weighted by Gasteiger charge is -2.02. The summed E-state index contributed by atoms with van der Waals surface area (Å²) in [5, 5.41) is 0. The summed E-state index contributed by atoms with van der Waals surface area (Å²) >= 11 is 5.13. The van der Waals surface area contributed by atoms with E-state index in [2.05, 4.69) is 15.9 Å². The largest absolute Gasteiger partial charge is 0.497 e. The second kappa shape index (κ2) is 3.71. The van der Waals surface area contributed by atoms with Crippen LogP contribution in [0.2, 0.25) is 0 Å². The van der Waals surface area contributed by atoms with Gasteiger partial charge in [-0.2, -0.15) is 0 Å². The Labute approximate surface area is 86.2 Å². The van der Waals surface area contributed by atoms with Gasteiger partial charge in [-0.1, -0.05) is 0 Å².